The van der Waals surface area contributed by atoms with Crippen molar-refractivity contribution in [3.8, 4) is 0 Å². The van der Waals surface area contributed by atoms with Crippen LogP contribution in [0.4, 0.5) is 0 Å². The number of pyridine rings is 1. The lowest BCUT2D eigenvalue weighted by Crippen LogP contribution is -2.32. The zero-order valence-electron chi connectivity index (χ0n) is 15.0. The molecule has 4 rings (SSSR count). The maximum Gasteiger partial charge on any atom is 0.225 e. The Bertz CT molecular complexity index is 966. The molecule has 3 aromatic rings. The van der Waals surface area contributed by atoms with Gasteiger partial charge in [-0.1, -0.05) is 54.6 Å². The van der Waals surface area contributed by atoms with Gasteiger partial charge < -0.3 is 10.2 Å². The van der Waals surface area contributed by atoms with Gasteiger partial charge in [-0.2, -0.15) is 0 Å². The predicted octanol–water partition coefficient (Wildman–Crippen LogP) is 2.90. The van der Waals surface area contributed by atoms with Crippen LogP contribution in [-0.4, -0.2) is 28.2 Å². The Labute approximate surface area is 158 Å². The van der Waals surface area contributed by atoms with Gasteiger partial charge >= 0.3 is 0 Å². The van der Waals surface area contributed by atoms with Crippen LogP contribution in [0, 0.1) is 5.92 Å². The molecular weight excluding hydrogens is 338 g/mol. The summed E-state index contributed by atoms with van der Waals surface area (Å²) in [5.74, 6) is -0.368. The molecule has 0 bridgehead atoms. The van der Waals surface area contributed by atoms with Gasteiger partial charge in [0.1, 0.15) is 0 Å². The quantitative estimate of drug-likeness (QED) is 0.762. The minimum Gasteiger partial charge on any atom is -0.350 e. The molecule has 1 fully saturated rings. The average Bonchev–Trinajstić information content (AvgIpc) is 3.07. The highest BCUT2D eigenvalue weighted by Gasteiger charge is 2.34. The Hall–Kier alpha value is -3.21. The molecule has 1 saturated heterocycles. The van der Waals surface area contributed by atoms with Gasteiger partial charge in [0.25, 0.3) is 0 Å². The number of benzene rings is 2. The second kappa shape index (κ2) is 7.58. The van der Waals surface area contributed by atoms with E-state index in [0.29, 0.717) is 19.6 Å². The lowest BCUT2D eigenvalue weighted by atomic mass is 10.1. The van der Waals surface area contributed by atoms with Crippen molar-refractivity contribution in [1.29, 1.82) is 0 Å². The number of hydrogen-bond acceptors (Lipinski definition) is 3. The van der Waals surface area contributed by atoms with Gasteiger partial charge in [0.05, 0.1) is 18.2 Å². The lowest BCUT2D eigenvalue weighted by Gasteiger charge is -2.16. The fourth-order valence-electron chi connectivity index (χ4n) is 3.54. The van der Waals surface area contributed by atoms with Crippen molar-refractivity contribution in [2.24, 2.45) is 5.92 Å². The SMILES string of the molecule is O=C(NCc1nccc2ccccc12)C1CC(=O)N(Cc2ccccc2)C1. The fourth-order valence-corrected chi connectivity index (χ4v) is 3.54. The highest BCUT2D eigenvalue weighted by Crippen LogP contribution is 2.21. The standard InChI is InChI=1S/C22H21N3O2/c26-21-12-18(15-25(21)14-16-6-2-1-3-7-16)22(27)24-13-20-19-9-5-4-8-17(19)10-11-23-20/h1-11,18H,12-15H2,(H,24,27). The summed E-state index contributed by atoms with van der Waals surface area (Å²) in [6.07, 6.45) is 2.02. The minimum atomic E-state index is -0.309. The Morgan fingerprint density at radius 1 is 1.07 bits per heavy atom. The predicted molar refractivity (Wildman–Crippen MR) is 104 cm³/mol. The van der Waals surface area contributed by atoms with Crippen molar-refractivity contribution in [3.05, 3.63) is 78.1 Å². The van der Waals surface area contributed by atoms with Crippen LogP contribution in [0.3, 0.4) is 0 Å². The number of nitrogens with one attached hydrogen (secondary N) is 1. The first-order valence-corrected chi connectivity index (χ1v) is 9.13. The largest absolute Gasteiger partial charge is 0.350 e. The number of fused-ring (bicyclic) bond motifs is 1. The molecule has 0 spiro atoms. The Morgan fingerprint density at radius 3 is 2.70 bits per heavy atom. The summed E-state index contributed by atoms with van der Waals surface area (Å²) >= 11 is 0. The maximum atomic E-state index is 12.6. The molecule has 5 nitrogen and oxygen atoms in total. The first kappa shape index (κ1) is 17.2. The van der Waals surface area contributed by atoms with Gasteiger partial charge in [-0.3, -0.25) is 14.6 Å². The molecular formula is C22H21N3O2. The van der Waals surface area contributed by atoms with Crippen molar-refractivity contribution >= 4 is 22.6 Å². The van der Waals surface area contributed by atoms with E-state index in [-0.39, 0.29) is 24.2 Å². The minimum absolute atomic E-state index is 0.0299. The van der Waals surface area contributed by atoms with E-state index in [0.717, 1.165) is 22.0 Å². The van der Waals surface area contributed by atoms with Crippen LogP contribution in [0.2, 0.25) is 0 Å². The molecule has 1 aliphatic heterocycles. The van der Waals surface area contributed by atoms with Crippen LogP contribution in [0.5, 0.6) is 0 Å². The summed E-state index contributed by atoms with van der Waals surface area (Å²) in [6, 6.07) is 19.8. The van der Waals surface area contributed by atoms with Gasteiger partial charge in [0, 0.05) is 31.1 Å². The smallest absolute Gasteiger partial charge is 0.225 e. The molecule has 0 saturated carbocycles. The zero-order chi connectivity index (χ0) is 18.6. The molecule has 27 heavy (non-hydrogen) atoms. The first-order chi connectivity index (χ1) is 13.2. The van der Waals surface area contributed by atoms with Crippen molar-refractivity contribution in [3.63, 3.8) is 0 Å². The summed E-state index contributed by atoms with van der Waals surface area (Å²) < 4.78 is 0. The summed E-state index contributed by atoms with van der Waals surface area (Å²) in [4.78, 5) is 31.0. The van der Waals surface area contributed by atoms with E-state index in [1.165, 1.54) is 0 Å². The van der Waals surface area contributed by atoms with Crippen LogP contribution >= 0.6 is 0 Å². The molecule has 5 heteroatoms. The number of hydrogen-bond donors (Lipinski definition) is 1. The summed E-state index contributed by atoms with van der Waals surface area (Å²) in [6.45, 7) is 1.38. The molecule has 0 radical (unpaired) electrons. The molecule has 1 aliphatic rings. The summed E-state index contributed by atoms with van der Waals surface area (Å²) in [5, 5.41) is 5.09. The third-order valence-electron chi connectivity index (χ3n) is 4.99. The van der Waals surface area contributed by atoms with E-state index < -0.39 is 0 Å². The molecule has 1 aromatic heterocycles. The number of rotatable bonds is 5. The first-order valence-electron chi connectivity index (χ1n) is 9.13. The Kier molecular flexibility index (Phi) is 4.83. The molecule has 1 unspecified atom stereocenters. The Morgan fingerprint density at radius 2 is 1.85 bits per heavy atom. The number of amides is 2. The van der Waals surface area contributed by atoms with Crippen LogP contribution < -0.4 is 5.32 Å². The average molecular weight is 359 g/mol. The van der Waals surface area contributed by atoms with Crippen molar-refractivity contribution in [2.75, 3.05) is 6.54 Å². The lowest BCUT2D eigenvalue weighted by molar-refractivity contribution is -0.129. The summed E-state index contributed by atoms with van der Waals surface area (Å²) in [7, 11) is 0. The third kappa shape index (κ3) is 3.82. The fraction of sp³-hybridized carbons (Fsp3) is 0.227. The van der Waals surface area contributed by atoms with Gasteiger partial charge in [-0.05, 0) is 17.0 Å². The third-order valence-corrected chi connectivity index (χ3v) is 4.99. The highest BCUT2D eigenvalue weighted by atomic mass is 16.2. The summed E-state index contributed by atoms with van der Waals surface area (Å²) in [5.41, 5.74) is 1.92. The van der Waals surface area contributed by atoms with Crippen LogP contribution in [-0.2, 0) is 22.7 Å². The number of nitrogens with zero attached hydrogens (tertiary/aromatic N) is 2. The van der Waals surface area contributed by atoms with Gasteiger partial charge in [-0.15, -0.1) is 0 Å². The molecule has 2 aromatic carbocycles. The molecule has 1 N–H and O–H groups in total. The Balaban J connectivity index is 1.38. The second-order valence-electron chi connectivity index (χ2n) is 6.86. The van der Waals surface area contributed by atoms with E-state index in [1.54, 1.807) is 11.1 Å². The highest BCUT2D eigenvalue weighted by molar-refractivity contribution is 5.89. The molecule has 2 heterocycles. The van der Waals surface area contributed by atoms with Crippen LogP contribution in [0.1, 0.15) is 17.7 Å². The number of aromatic nitrogens is 1. The number of carbonyl (C=O) groups excluding carboxylic acids is 2. The number of likely N-dealkylation sites (tertiary alicyclic amines) is 1. The van der Waals surface area contributed by atoms with Crippen molar-refractivity contribution in [2.45, 2.75) is 19.5 Å². The van der Waals surface area contributed by atoms with Gasteiger partial charge in [0.15, 0.2) is 0 Å². The van der Waals surface area contributed by atoms with Gasteiger partial charge in [-0.25, -0.2) is 0 Å². The zero-order valence-corrected chi connectivity index (χ0v) is 15.0. The van der Waals surface area contributed by atoms with Gasteiger partial charge in [0.2, 0.25) is 11.8 Å². The van der Waals surface area contributed by atoms with Crippen LogP contribution in [0.25, 0.3) is 10.8 Å². The second-order valence-corrected chi connectivity index (χ2v) is 6.86. The normalized spacial score (nSPS) is 16.7. The van der Waals surface area contributed by atoms with E-state index in [2.05, 4.69) is 10.3 Å². The van der Waals surface area contributed by atoms with E-state index >= 15 is 0 Å². The molecule has 2 amide bonds. The molecule has 0 aliphatic carbocycles. The van der Waals surface area contributed by atoms with Crippen molar-refractivity contribution in [1.82, 2.24) is 15.2 Å². The van der Waals surface area contributed by atoms with E-state index in [4.69, 9.17) is 0 Å². The number of carbonyl (C=O) groups is 2. The molecule has 136 valence electrons. The monoisotopic (exact) mass is 359 g/mol. The van der Waals surface area contributed by atoms with E-state index in [1.807, 2.05) is 60.7 Å². The van der Waals surface area contributed by atoms with Crippen LogP contribution in [0.15, 0.2) is 66.9 Å². The van der Waals surface area contributed by atoms with E-state index in [9.17, 15) is 9.59 Å². The molecule has 1 atom stereocenters. The topological polar surface area (TPSA) is 62.3 Å². The van der Waals surface area contributed by atoms with Crippen molar-refractivity contribution < 1.29 is 9.59 Å². The maximum absolute atomic E-state index is 12.6.